The Morgan fingerprint density at radius 3 is 2.80 bits per heavy atom. The van der Waals surface area contributed by atoms with Crippen LogP contribution in [0.25, 0.3) is 10.9 Å². The molecule has 2 aliphatic rings. The molecule has 2 heterocycles. The Morgan fingerprint density at radius 1 is 1.28 bits per heavy atom. The highest BCUT2D eigenvalue weighted by Gasteiger charge is 2.51. The lowest BCUT2D eigenvalue weighted by atomic mass is 9.73. The maximum absolute atomic E-state index is 12.0. The van der Waals surface area contributed by atoms with Gasteiger partial charge in [-0.25, -0.2) is 0 Å². The van der Waals surface area contributed by atoms with Gasteiger partial charge in [0.15, 0.2) is 0 Å². The topological polar surface area (TPSA) is 65.7 Å². The predicted molar refractivity (Wildman–Crippen MR) is 96.2 cm³/mol. The van der Waals surface area contributed by atoms with Gasteiger partial charge in [0, 0.05) is 38.4 Å². The van der Waals surface area contributed by atoms with Gasteiger partial charge in [0.25, 0.3) is 0 Å². The molecule has 1 aliphatic carbocycles. The molecule has 1 saturated carbocycles. The maximum Gasteiger partial charge on any atom is 0.313 e. The average molecular weight is 342 g/mol. The summed E-state index contributed by atoms with van der Waals surface area (Å²) >= 11 is 0. The molecule has 5 nitrogen and oxygen atoms in total. The number of aliphatic carboxylic acids is 1. The van der Waals surface area contributed by atoms with Gasteiger partial charge in [0.05, 0.1) is 6.10 Å². The van der Waals surface area contributed by atoms with Gasteiger partial charge in [0.1, 0.15) is 5.41 Å². The fourth-order valence-electron chi connectivity index (χ4n) is 4.32. The first-order valence-electron chi connectivity index (χ1n) is 9.16. The van der Waals surface area contributed by atoms with Crippen molar-refractivity contribution in [3.63, 3.8) is 0 Å². The molecule has 1 aromatic heterocycles. The molecule has 1 aromatic carbocycles. The van der Waals surface area contributed by atoms with Crippen LogP contribution in [-0.2, 0) is 18.4 Å². The number of carboxylic acids is 1. The van der Waals surface area contributed by atoms with Crippen LogP contribution >= 0.6 is 0 Å². The molecule has 1 saturated heterocycles. The van der Waals surface area contributed by atoms with Crippen LogP contribution in [-0.4, -0.2) is 44.8 Å². The molecule has 0 bridgehead atoms. The Bertz CT molecular complexity index is 795. The van der Waals surface area contributed by atoms with Gasteiger partial charge >= 0.3 is 5.97 Å². The summed E-state index contributed by atoms with van der Waals surface area (Å²) in [6, 6.07) is 8.53. The molecule has 0 unspecified atom stereocenters. The van der Waals surface area contributed by atoms with E-state index in [0.717, 1.165) is 25.9 Å². The van der Waals surface area contributed by atoms with Crippen molar-refractivity contribution < 1.29 is 15.0 Å². The first-order chi connectivity index (χ1) is 12.0. The normalized spacial score (nSPS) is 27.7. The Labute approximate surface area is 147 Å². The third-order valence-corrected chi connectivity index (χ3v) is 5.99. The van der Waals surface area contributed by atoms with E-state index < -0.39 is 17.5 Å². The van der Waals surface area contributed by atoms with Crippen molar-refractivity contribution >= 4 is 16.9 Å². The molecule has 1 aliphatic heterocycles. The van der Waals surface area contributed by atoms with Crippen LogP contribution in [0.1, 0.15) is 31.2 Å². The minimum Gasteiger partial charge on any atom is -0.481 e. The van der Waals surface area contributed by atoms with E-state index in [4.69, 9.17) is 0 Å². The minimum absolute atomic E-state index is 0.437. The van der Waals surface area contributed by atoms with E-state index in [-0.39, 0.29) is 0 Å². The molecule has 0 radical (unpaired) electrons. The second kappa shape index (κ2) is 6.15. The Hall–Kier alpha value is -1.85. The smallest absolute Gasteiger partial charge is 0.313 e. The molecule has 2 fully saturated rings. The highest BCUT2D eigenvalue weighted by atomic mass is 16.4. The fourth-order valence-corrected chi connectivity index (χ4v) is 4.32. The van der Waals surface area contributed by atoms with E-state index in [1.807, 2.05) is 7.05 Å². The number of aryl methyl sites for hydroxylation is 1. The van der Waals surface area contributed by atoms with Crippen LogP contribution in [0.15, 0.2) is 30.5 Å². The quantitative estimate of drug-likeness (QED) is 0.877. The number of fused-ring (bicyclic) bond motifs is 1. The molecule has 0 spiro atoms. The maximum atomic E-state index is 12.0. The van der Waals surface area contributed by atoms with E-state index >= 15 is 0 Å². The third kappa shape index (κ3) is 3.07. The molecular weight excluding hydrogens is 316 g/mol. The van der Waals surface area contributed by atoms with E-state index in [0.29, 0.717) is 25.3 Å². The number of piperidine rings is 1. The van der Waals surface area contributed by atoms with Crippen molar-refractivity contribution in [1.29, 1.82) is 0 Å². The van der Waals surface area contributed by atoms with Gasteiger partial charge in [-0.2, -0.15) is 0 Å². The molecule has 134 valence electrons. The number of aliphatic hydroxyl groups excluding tert-OH is 1. The zero-order valence-electron chi connectivity index (χ0n) is 14.7. The summed E-state index contributed by atoms with van der Waals surface area (Å²) in [4.78, 5) is 14.2. The van der Waals surface area contributed by atoms with Gasteiger partial charge in [-0.15, -0.1) is 0 Å². The van der Waals surface area contributed by atoms with Crippen molar-refractivity contribution in [3.8, 4) is 0 Å². The number of aliphatic hydroxyl groups is 1. The number of carboxylic acid groups (broad SMARTS) is 1. The molecule has 0 amide bonds. The number of aromatic nitrogens is 1. The summed E-state index contributed by atoms with van der Waals surface area (Å²) in [5.74, 6) is -0.360. The van der Waals surface area contributed by atoms with Crippen LogP contribution in [0.5, 0.6) is 0 Å². The Morgan fingerprint density at radius 2 is 2.08 bits per heavy atom. The lowest BCUT2D eigenvalue weighted by molar-refractivity contribution is -0.165. The highest BCUT2D eigenvalue weighted by Crippen LogP contribution is 2.45. The zero-order chi connectivity index (χ0) is 17.6. The van der Waals surface area contributed by atoms with Crippen molar-refractivity contribution in [2.75, 3.05) is 13.1 Å². The lowest BCUT2D eigenvalue weighted by Crippen LogP contribution is -2.55. The zero-order valence-corrected chi connectivity index (χ0v) is 14.7. The SMILES string of the molecule is Cn1ccc2cc(CN3CC[C@H](O)[C@](CC4CC4)(C(=O)O)C3)ccc21. The summed E-state index contributed by atoms with van der Waals surface area (Å²) < 4.78 is 2.10. The summed E-state index contributed by atoms with van der Waals surface area (Å²) in [7, 11) is 2.03. The van der Waals surface area contributed by atoms with Crippen molar-refractivity contribution in [1.82, 2.24) is 9.47 Å². The summed E-state index contributed by atoms with van der Waals surface area (Å²) in [5.41, 5.74) is 1.39. The molecule has 25 heavy (non-hydrogen) atoms. The number of likely N-dealkylation sites (tertiary alicyclic amines) is 1. The number of nitrogens with zero attached hydrogens (tertiary/aromatic N) is 2. The van der Waals surface area contributed by atoms with Gasteiger partial charge in [-0.05, 0) is 47.9 Å². The minimum atomic E-state index is -1.00. The second-order valence-electron chi connectivity index (χ2n) is 7.94. The van der Waals surface area contributed by atoms with Gasteiger partial charge in [-0.1, -0.05) is 18.9 Å². The van der Waals surface area contributed by atoms with Gasteiger partial charge in [-0.3, -0.25) is 9.69 Å². The summed E-state index contributed by atoms with van der Waals surface area (Å²) in [6.07, 6.45) is 4.67. The number of benzene rings is 1. The Balaban J connectivity index is 1.54. The number of carbonyl (C=O) groups is 1. The monoisotopic (exact) mass is 342 g/mol. The lowest BCUT2D eigenvalue weighted by Gasteiger charge is -2.43. The van der Waals surface area contributed by atoms with Gasteiger partial charge in [0.2, 0.25) is 0 Å². The van der Waals surface area contributed by atoms with Crippen LogP contribution in [0, 0.1) is 11.3 Å². The van der Waals surface area contributed by atoms with Crippen molar-refractivity contribution in [2.24, 2.45) is 18.4 Å². The van der Waals surface area contributed by atoms with Crippen LogP contribution < -0.4 is 0 Å². The number of hydrogen-bond donors (Lipinski definition) is 2. The molecule has 2 atom stereocenters. The predicted octanol–water partition coefficient (Wildman–Crippen LogP) is 2.62. The molecule has 4 rings (SSSR count). The first kappa shape index (κ1) is 16.6. The van der Waals surface area contributed by atoms with Crippen LogP contribution in [0.2, 0.25) is 0 Å². The highest BCUT2D eigenvalue weighted by molar-refractivity contribution is 5.80. The number of hydrogen-bond acceptors (Lipinski definition) is 3. The van der Waals surface area contributed by atoms with E-state index in [9.17, 15) is 15.0 Å². The van der Waals surface area contributed by atoms with E-state index in [2.05, 4.69) is 39.9 Å². The second-order valence-corrected chi connectivity index (χ2v) is 7.94. The summed E-state index contributed by atoms with van der Waals surface area (Å²) in [5, 5.41) is 21.6. The average Bonchev–Trinajstić information content (AvgIpc) is 3.32. The molecule has 2 aromatic rings. The van der Waals surface area contributed by atoms with Crippen LogP contribution in [0.3, 0.4) is 0 Å². The van der Waals surface area contributed by atoms with Crippen LogP contribution in [0.4, 0.5) is 0 Å². The van der Waals surface area contributed by atoms with E-state index in [1.54, 1.807) is 0 Å². The number of rotatable bonds is 5. The Kier molecular flexibility index (Phi) is 4.08. The van der Waals surface area contributed by atoms with Crippen molar-refractivity contribution in [2.45, 2.75) is 38.3 Å². The van der Waals surface area contributed by atoms with Crippen molar-refractivity contribution in [3.05, 3.63) is 36.0 Å². The molecular formula is C20H26N2O3. The first-order valence-corrected chi connectivity index (χ1v) is 9.16. The largest absolute Gasteiger partial charge is 0.481 e. The summed E-state index contributed by atoms with van der Waals surface area (Å²) in [6.45, 7) is 1.91. The molecule has 2 N–H and O–H groups in total. The van der Waals surface area contributed by atoms with Gasteiger partial charge < -0.3 is 14.8 Å². The fraction of sp³-hybridized carbons (Fsp3) is 0.550. The third-order valence-electron chi connectivity index (χ3n) is 5.99. The standard InChI is InChI=1S/C20H26N2O3/c1-21-8-6-16-10-15(4-5-17(16)21)12-22-9-7-18(23)20(13-22,19(24)25)11-14-2-3-14/h4-6,8,10,14,18,23H,2-3,7,9,11-13H2,1H3,(H,24,25)/t18-,20+/m0/s1. The van der Waals surface area contributed by atoms with E-state index in [1.165, 1.54) is 16.5 Å². The molecule has 5 heteroatoms.